The van der Waals surface area contributed by atoms with Crippen LogP contribution in [0.1, 0.15) is 233 Å². The lowest BCUT2D eigenvalue weighted by molar-refractivity contribution is -0.167. The summed E-state index contributed by atoms with van der Waals surface area (Å²) in [6.45, 7) is 8.98. The third kappa shape index (κ3) is 28.4. The van der Waals surface area contributed by atoms with Crippen LogP contribution in [0.2, 0.25) is 0 Å². The molecular formula is C45H87O8P. The Bertz CT molecular complexity index is 868. The predicted octanol–water partition coefficient (Wildman–Crippen LogP) is 14.4. The van der Waals surface area contributed by atoms with Crippen molar-refractivity contribution in [2.24, 2.45) is 11.8 Å². The molecule has 1 heterocycles. The first kappa shape index (κ1) is 51.1. The van der Waals surface area contributed by atoms with Gasteiger partial charge in [-0.05, 0) is 25.7 Å². The van der Waals surface area contributed by atoms with Gasteiger partial charge >= 0.3 is 19.8 Å². The maximum atomic E-state index is 13.8. The van der Waals surface area contributed by atoms with Crippen molar-refractivity contribution in [1.29, 1.82) is 0 Å². The maximum absolute atomic E-state index is 13.8. The molecule has 1 atom stereocenters. The Labute approximate surface area is 333 Å². The van der Waals surface area contributed by atoms with Crippen molar-refractivity contribution in [2.45, 2.75) is 239 Å². The molecule has 0 bridgehead atoms. The molecule has 0 aromatic heterocycles. The number of unbranched alkanes of at least 4 members (excludes halogenated alkanes) is 24. The van der Waals surface area contributed by atoms with E-state index in [1.165, 1.54) is 128 Å². The molecule has 0 aromatic rings. The van der Waals surface area contributed by atoms with E-state index in [9.17, 15) is 14.2 Å². The summed E-state index contributed by atoms with van der Waals surface area (Å²) in [7, 11) is -3.71. The van der Waals surface area contributed by atoms with Gasteiger partial charge in [-0.25, -0.2) is 4.57 Å². The zero-order valence-corrected chi connectivity index (χ0v) is 36.8. The van der Waals surface area contributed by atoms with Gasteiger partial charge in [0.15, 0.2) is 6.10 Å². The topological polar surface area (TPSA) is 97.4 Å². The van der Waals surface area contributed by atoms with E-state index in [1.807, 2.05) is 0 Å². The second-order valence-electron chi connectivity index (χ2n) is 16.1. The number of carbonyl (C=O) groups is 2. The highest BCUT2D eigenvalue weighted by molar-refractivity contribution is 7.48. The zero-order chi connectivity index (χ0) is 39.4. The quantitative estimate of drug-likeness (QED) is 0.0344. The summed E-state index contributed by atoms with van der Waals surface area (Å²) < 4.78 is 41.0. The van der Waals surface area contributed by atoms with Crippen molar-refractivity contribution >= 4 is 19.8 Å². The molecule has 1 rings (SSSR count). The maximum Gasteiger partial charge on any atom is 0.475 e. The van der Waals surface area contributed by atoms with Crippen LogP contribution >= 0.6 is 7.82 Å². The standard InChI is InChI=1S/C45H87O8P/c1-5-9-13-17-21-25-29-33-41(34-30-26-22-18-14-10-6-2)44(46)49-39-43(40-52-54(48)50-37-38-51-54)53-45(47)42(35-31-27-23-19-15-11-7-3)36-32-28-24-20-16-12-8-4/h41-43H,5-40H2,1-4H3. The van der Waals surface area contributed by atoms with Crippen LogP contribution in [0.15, 0.2) is 0 Å². The molecule has 0 saturated carbocycles. The highest BCUT2D eigenvalue weighted by Crippen LogP contribution is 2.52. The minimum atomic E-state index is -3.71. The molecule has 9 heteroatoms. The van der Waals surface area contributed by atoms with Crippen LogP contribution in [-0.4, -0.2) is 44.5 Å². The summed E-state index contributed by atoms with van der Waals surface area (Å²) in [5.41, 5.74) is 0. The Kier molecular flexibility index (Phi) is 34.4. The van der Waals surface area contributed by atoms with Gasteiger partial charge in [0.05, 0.1) is 31.7 Å². The molecule has 1 saturated heterocycles. The lowest BCUT2D eigenvalue weighted by atomic mass is 9.94. The van der Waals surface area contributed by atoms with Gasteiger partial charge in [0, 0.05) is 0 Å². The Morgan fingerprint density at radius 1 is 0.463 bits per heavy atom. The summed E-state index contributed by atoms with van der Waals surface area (Å²) in [5.74, 6) is -0.885. The van der Waals surface area contributed by atoms with E-state index in [0.29, 0.717) is 0 Å². The molecule has 0 N–H and O–H groups in total. The van der Waals surface area contributed by atoms with Crippen LogP contribution in [0, 0.1) is 11.8 Å². The molecule has 54 heavy (non-hydrogen) atoms. The van der Waals surface area contributed by atoms with Crippen molar-refractivity contribution < 1.29 is 37.2 Å². The van der Waals surface area contributed by atoms with Gasteiger partial charge in [0.2, 0.25) is 0 Å². The summed E-state index contributed by atoms with van der Waals surface area (Å²) in [4.78, 5) is 27.4. The summed E-state index contributed by atoms with van der Waals surface area (Å²) in [6, 6.07) is 0. The molecular weight excluding hydrogens is 699 g/mol. The number of carbonyl (C=O) groups excluding carboxylic acids is 2. The number of phosphoric ester groups is 1. The second-order valence-corrected chi connectivity index (χ2v) is 17.8. The number of esters is 2. The number of phosphoric acid groups is 1. The normalized spacial score (nSPS) is 14.6. The van der Waals surface area contributed by atoms with Gasteiger partial charge in [0.25, 0.3) is 0 Å². The average molecular weight is 787 g/mol. The fourth-order valence-electron chi connectivity index (χ4n) is 7.41. The SMILES string of the molecule is CCCCCCCCCC(CCCCCCCCC)C(=O)OCC(COP1(=O)OCCO1)OC(=O)C(CCCCCCCCC)CCCCCCCCC. The predicted molar refractivity (Wildman–Crippen MR) is 224 cm³/mol. The summed E-state index contributed by atoms with van der Waals surface area (Å²) >= 11 is 0. The lowest BCUT2D eigenvalue weighted by Crippen LogP contribution is -2.33. The minimum absolute atomic E-state index is 0.128. The fourth-order valence-corrected chi connectivity index (χ4v) is 8.57. The van der Waals surface area contributed by atoms with E-state index < -0.39 is 13.9 Å². The Hall–Kier alpha value is -0.950. The monoisotopic (exact) mass is 787 g/mol. The van der Waals surface area contributed by atoms with Crippen molar-refractivity contribution in [2.75, 3.05) is 26.4 Å². The molecule has 0 spiro atoms. The largest absolute Gasteiger partial charge is 0.475 e. The smallest absolute Gasteiger partial charge is 0.461 e. The molecule has 0 radical (unpaired) electrons. The van der Waals surface area contributed by atoms with E-state index in [4.69, 9.17) is 23.0 Å². The van der Waals surface area contributed by atoms with E-state index in [0.717, 1.165) is 77.0 Å². The number of hydrogen-bond acceptors (Lipinski definition) is 8. The van der Waals surface area contributed by atoms with Crippen LogP contribution in [-0.2, 0) is 37.2 Å². The lowest BCUT2D eigenvalue weighted by Gasteiger charge is -2.24. The second kappa shape index (κ2) is 36.4. The third-order valence-corrected chi connectivity index (χ3v) is 12.4. The molecule has 1 unspecified atom stereocenters. The molecule has 0 aliphatic carbocycles. The molecule has 0 aromatic carbocycles. The summed E-state index contributed by atoms with van der Waals surface area (Å²) in [6.07, 6.45) is 35.8. The highest BCUT2D eigenvalue weighted by Gasteiger charge is 2.35. The van der Waals surface area contributed by atoms with Gasteiger partial charge in [-0.3, -0.25) is 23.2 Å². The molecule has 1 aliphatic heterocycles. The van der Waals surface area contributed by atoms with E-state index in [1.54, 1.807) is 0 Å². The van der Waals surface area contributed by atoms with E-state index >= 15 is 0 Å². The minimum Gasteiger partial charge on any atom is -0.461 e. The Morgan fingerprint density at radius 2 is 0.778 bits per heavy atom. The van der Waals surface area contributed by atoms with Crippen molar-refractivity contribution in [3.05, 3.63) is 0 Å². The van der Waals surface area contributed by atoms with Crippen molar-refractivity contribution in [1.82, 2.24) is 0 Å². The fraction of sp³-hybridized carbons (Fsp3) is 0.956. The average Bonchev–Trinajstić information content (AvgIpc) is 3.61. The van der Waals surface area contributed by atoms with Gasteiger partial charge in [-0.15, -0.1) is 0 Å². The molecule has 1 fully saturated rings. The zero-order valence-electron chi connectivity index (χ0n) is 35.9. The van der Waals surface area contributed by atoms with E-state index in [2.05, 4.69) is 27.7 Å². The van der Waals surface area contributed by atoms with Crippen LogP contribution < -0.4 is 0 Å². The first-order valence-corrected chi connectivity index (χ1v) is 24.8. The van der Waals surface area contributed by atoms with E-state index in [-0.39, 0.29) is 50.2 Å². The van der Waals surface area contributed by atoms with Crippen LogP contribution in [0.3, 0.4) is 0 Å². The molecule has 1 aliphatic rings. The van der Waals surface area contributed by atoms with Gasteiger partial charge in [-0.1, -0.05) is 207 Å². The van der Waals surface area contributed by atoms with Crippen molar-refractivity contribution in [3.63, 3.8) is 0 Å². The van der Waals surface area contributed by atoms with Crippen LogP contribution in [0.4, 0.5) is 0 Å². The highest BCUT2D eigenvalue weighted by atomic mass is 31.2. The summed E-state index contributed by atoms with van der Waals surface area (Å²) in [5, 5.41) is 0. The molecule has 320 valence electrons. The van der Waals surface area contributed by atoms with Gasteiger partial charge < -0.3 is 9.47 Å². The first-order chi connectivity index (χ1) is 26.4. The van der Waals surface area contributed by atoms with Gasteiger partial charge in [-0.2, -0.15) is 0 Å². The number of rotatable bonds is 40. The Balaban J connectivity index is 2.89. The molecule has 0 amide bonds. The van der Waals surface area contributed by atoms with Crippen molar-refractivity contribution in [3.8, 4) is 0 Å². The van der Waals surface area contributed by atoms with Crippen LogP contribution in [0.25, 0.3) is 0 Å². The number of hydrogen-bond donors (Lipinski definition) is 0. The van der Waals surface area contributed by atoms with Crippen LogP contribution in [0.5, 0.6) is 0 Å². The third-order valence-electron chi connectivity index (χ3n) is 11.0. The number of ether oxygens (including phenoxy) is 2. The first-order valence-electron chi connectivity index (χ1n) is 23.3. The Morgan fingerprint density at radius 3 is 1.13 bits per heavy atom. The molecule has 8 nitrogen and oxygen atoms in total. The van der Waals surface area contributed by atoms with Gasteiger partial charge in [0.1, 0.15) is 6.61 Å².